The number of hydrogen-bond donors (Lipinski definition) is 2. The topological polar surface area (TPSA) is 79.8 Å². The first-order valence-corrected chi connectivity index (χ1v) is 9.32. The molecule has 1 aliphatic carbocycles. The van der Waals surface area contributed by atoms with E-state index in [0.29, 0.717) is 11.6 Å². The first kappa shape index (κ1) is 16.0. The highest BCUT2D eigenvalue weighted by molar-refractivity contribution is 7.17. The summed E-state index contributed by atoms with van der Waals surface area (Å²) in [6, 6.07) is 7.92. The molecule has 3 aromatic rings. The molecule has 0 radical (unpaired) electrons. The third-order valence-corrected chi connectivity index (χ3v) is 5.35. The molecule has 1 unspecified atom stereocenters. The average Bonchev–Trinajstić information content (AvgIpc) is 3.06. The first-order chi connectivity index (χ1) is 12.2. The van der Waals surface area contributed by atoms with Gasteiger partial charge in [-0.05, 0) is 49.8 Å². The summed E-state index contributed by atoms with van der Waals surface area (Å²) >= 11 is 1.49. The summed E-state index contributed by atoms with van der Waals surface area (Å²) in [6.07, 6.45) is 5.03. The van der Waals surface area contributed by atoms with Crippen LogP contribution in [0.25, 0.3) is 10.2 Å². The third kappa shape index (κ3) is 3.32. The molecule has 1 atom stereocenters. The van der Waals surface area contributed by atoms with E-state index in [9.17, 15) is 4.79 Å². The second-order valence-corrected chi connectivity index (χ2v) is 7.17. The molecule has 4 rings (SSSR count). The van der Waals surface area contributed by atoms with Crippen LogP contribution in [0.3, 0.4) is 0 Å². The zero-order valence-electron chi connectivity index (χ0n) is 13.9. The molecule has 7 heteroatoms. The Morgan fingerprint density at radius 2 is 2.16 bits per heavy atom. The van der Waals surface area contributed by atoms with Crippen LogP contribution in [-0.4, -0.2) is 26.9 Å². The van der Waals surface area contributed by atoms with Crippen molar-refractivity contribution in [3.8, 4) is 0 Å². The van der Waals surface area contributed by atoms with Gasteiger partial charge in [0.05, 0.1) is 22.0 Å². The van der Waals surface area contributed by atoms with Crippen LogP contribution in [0.5, 0.6) is 0 Å². The van der Waals surface area contributed by atoms with Gasteiger partial charge < -0.3 is 10.6 Å². The SMILES string of the molecule is CC(Nc1nc(C(=O)NC2CCC2)c2sccc2n1)c1ccccn1. The van der Waals surface area contributed by atoms with Gasteiger partial charge in [0.1, 0.15) is 0 Å². The molecule has 0 aromatic carbocycles. The Morgan fingerprint density at radius 3 is 2.88 bits per heavy atom. The quantitative estimate of drug-likeness (QED) is 0.733. The largest absolute Gasteiger partial charge is 0.348 e. The lowest BCUT2D eigenvalue weighted by atomic mass is 9.93. The summed E-state index contributed by atoms with van der Waals surface area (Å²) in [5, 5.41) is 8.26. The van der Waals surface area contributed by atoms with E-state index in [1.165, 1.54) is 17.8 Å². The highest BCUT2D eigenvalue weighted by Gasteiger charge is 2.23. The zero-order valence-corrected chi connectivity index (χ0v) is 14.7. The number of fused-ring (bicyclic) bond motifs is 1. The van der Waals surface area contributed by atoms with Gasteiger partial charge in [-0.1, -0.05) is 6.07 Å². The van der Waals surface area contributed by atoms with Crippen molar-refractivity contribution in [1.29, 1.82) is 0 Å². The summed E-state index contributed by atoms with van der Waals surface area (Å²) in [5.74, 6) is 0.330. The lowest BCUT2D eigenvalue weighted by Crippen LogP contribution is -2.39. The number of thiophene rings is 1. The molecule has 3 heterocycles. The van der Waals surface area contributed by atoms with E-state index >= 15 is 0 Å². The van der Waals surface area contributed by atoms with Crippen LogP contribution >= 0.6 is 11.3 Å². The Balaban J connectivity index is 1.62. The van der Waals surface area contributed by atoms with E-state index in [0.717, 1.165) is 28.8 Å². The Bertz CT molecular complexity index is 891. The number of hydrogen-bond acceptors (Lipinski definition) is 6. The van der Waals surface area contributed by atoms with E-state index in [-0.39, 0.29) is 18.0 Å². The van der Waals surface area contributed by atoms with E-state index < -0.39 is 0 Å². The van der Waals surface area contributed by atoms with E-state index in [1.807, 2.05) is 36.6 Å². The molecule has 0 saturated heterocycles. The van der Waals surface area contributed by atoms with Crippen LogP contribution < -0.4 is 10.6 Å². The number of nitrogens with one attached hydrogen (secondary N) is 2. The van der Waals surface area contributed by atoms with E-state index in [2.05, 4.69) is 25.6 Å². The molecule has 1 aliphatic rings. The number of carbonyl (C=O) groups excluding carboxylic acids is 1. The first-order valence-electron chi connectivity index (χ1n) is 8.44. The minimum Gasteiger partial charge on any atom is -0.348 e. The van der Waals surface area contributed by atoms with Gasteiger partial charge in [-0.3, -0.25) is 9.78 Å². The van der Waals surface area contributed by atoms with Gasteiger partial charge in [-0.15, -0.1) is 11.3 Å². The molecule has 2 N–H and O–H groups in total. The van der Waals surface area contributed by atoms with Crippen molar-refractivity contribution in [2.24, 2.45) is 0 Å². The molecule has 1 fully saturated rings. The van der Waals surface area contributed by atoms with Gasteiger partial charge in [-0.2, -0.15) is 0 Å². The zero-order chi connectivity index (χ0) is 17.2. The van der Waals surface area contributed by atoms with Gasteiger partial charge in [0, 0.05) is 12.2 Å². The molecular formula is C18H19N5OS. The van der Waals surface area contributed by atoms with Gasteiger partial charge in [0.25, 0.3) is 5.91 Å². The Kier molecular flexibility index (Phi) is 4.31. The van der Waals surface area contributed by atoms with Crippen LogP contribution in [0, 0.1) is 0 Å². The molecule has 128 valence electrons. The molecule has 0 aliphatic heterocycles. The summed E-state index contributed by atoms with van der Waals surface area (Å²) in [5.41, 5.74) is 2.13. The Hall–Kier alpha value is -2.54. The lowest BCUT2D eigenvalue weighted by Gasteiger charge is -2.26. The van der Waals surface area contributed by atoms with Crippen LogP contribution in [0.2, 0.25) is 0 Å². The fraction of sp³-hybridized carbons (Fsp3) is 0.333. The maximum Gasteiger partial charge on any atom is 0.271 e. The molecule has 1 saturated carbocycles. The van der Waals surface area contributed by atoms with Crippen LogP contribution in [0.15, 0.2) is 35.8 Å². The fourth-order valence-electron chi connectivity index (χ4n) is 2.79. The van der Waals surface area contributed by atoms with Crippen molar-refractivity contribution in [3.05, 3.63) is 47.2 Å². The van der Waals surface area contributed by atoms with E-state index in [1.54, 1.807) is 6.20 Å². The Labute approximate surface area is 149 Å². The summed E-state index contributed by atoms with van der Waals surface area (Å²) in [4.78, 5) is 26.0. The number of anilines is 1. The minimum atomic E-state index is -0.118. The van der Waals surface area contributed by atoms with Crippen molar-refractivity contribution in [3.63, 3.8) is 0 Å². The maximum atomic E-state index is 12.6. The van der Waals surface area contributed by atoms with Crippen molar-refractivity contribution >= 4 is 33.4 Å². The van der Waals surface area contributed by atoms with Crippen molar-refractivity contribution in [2.45, 2.75) is 38.3 Å². The molecular weight excluding hydrogens is 334 g/mol. The smallest absolute Gasteiger partial charge is 0.271 e. The maximum absolute atomic E-state index is 12.6. The minimum absolute atomic E-state index is 0.0557. The van der Waals surface area contributed by atoms with Gasteiger partial charge in [0.15, 0.2) is 5.69 Å². The fourth-order valence-corrected chi connectivity index (χ4v) is 3.61. The molecule has 0 bridgehead atoms. The standard InChI is InChI=1S/C18H19N5OS/c1-11(13-7-2-3-9-19-13)20-18-22-14-8-10-25-16(14)15(23-18)17(24)21-12-5-4-6-12/h2-3,7-12H,4-6H2,1H3,(H,21,24)(H,20,22,23). The molecule has 3 aromatic heterocycles. The molecule has 1 amide bonds. The molecule has 6 nitrogen and oxygen atoms in total. The Morgan fingerprint density at radius 1 is 1.28 bits per heavy atom. The second kappa shape index (κ2) is 6.76. The summed E-state index contributed by atoms with van der Waals surface area (Å²) in [6.45, 7) is 2.00. The number of rotatable bonds is 5. The van der Waals surface area contributed by atoms with Gasteiger partial charge in [-0.25, -0.2) is 9.97 Å². The summed E-state index contributed by atoms with van der Waals surface area (Å²) in [7, 11) is 0. The van der Waals surface area contributed by atoms with Crippen LogP contribution in [0.4, 0.5) is 5.95 Å². The second-order valence-electron chi connectivity index (χ2n) is 6.25. The molecule has 0 spiro atoms. The number of pyridine rings is 1. The predicted molar refractivity (Wildman–Crippen MR) is 98.8 cm³/mol. The number of carbonyl (C=O) groups is 1. The van der Waals surface area contributed by atoms with Crippen LogP contribution in [-0.2, 0) is 0 Å². The van der Waals surface area contributed by atoms with E-state index in [4.69, 9.17) is 0 Å². The van der Waals surface area contributed by atoms with Crippen molar-refractivity contribution in [1.82, 2.24) is 20.3 Å². The molecule has 25 heavy (non-hydrogen) atoms. The normalized spacial score (nSPS) is 15.6. The highest BCUT2D eigenvalue weighted by atomic mass is 32.1. The predicted octanol–water partition coefficient (Wildman–Crippen LogP) is 3.54. The van der Waals surface area contributed by atoms with Crippen molar-refractivity contribution in [2.75, 3.05) is 5.32 Å². The average molecular weight is 353 g/mol. The van der Waals surface area contributed by atoms with Crippen molar-refractivity contribution < 1.29 is 4.79 Å². The summed E-state index contributed by atoms with van der Waals surface area (Å²) < 4.78 is 0.827. The van der Waals surface area contributed by atoms with Crippen LogP contribution in [0.1, 0.15) is 48.4 Å². The lowest BCUT2D eigenvalue weighted by molar-refractivity contribution is 0.0914. The highest BCUT2D eigenvalue weighted by Crippen LogP contribution is 2.26. The van der Waals surface area contributed by atoms with Gasteiger partial charge >= 0.3 is 0 Å². The number of aromatic nitrogens is 3. The number of nitrogens with zero attached hydrogens (tertiary/aromatic N) is 3. The third-order valence-electron chi connectivity index (χ3n) is 4.44. The van der Waals surface area contributed by atoms with Gasteiger partial charge in [0.2, 0.25) is 5.95 Å². The monoisotopic (exact) mass is 353 g/mol. The number of amides is 1.